The number of primary amides is 1. The van der Waals surface area contributed by atoms with E-state index in [1.807, 2.05) is 0 Å². The van der Waals surface area contributed by atoms with Gasteiger partial charge in [-0.1, -0.05) is 36.4 Å². The number of anilines is 2. The zero-order chi connectivity index (χ0) is 39.9. The molecule has 0 bridgehead atoms. The molecule has 0 atom stereocenters. The summed E-state index contributed by atoms with van der Waals surface area (Å²) in [6, 6.07) is 16.7. The molecule has 0 aliphatic heterocycles. The SMILES string of the molecule is CC(C)(C)OC(=O)N(C(=O)OC(C)(C)C)c1c(C(N)=O)c2ccc(N(S(=O)(=O)c3ccccc3)S(=O)(=O)c3ccccc3)cc2n1C(=O)OC(C)(C)C. The number of fused-ring (bicyclic) bond motifs is 1. The lowest BCUT2D eigenvalue weighted by atomic mass is 10.1. The third kappa shape index (κ3) is 8.80. The van der Waals surface area contributed by atoms with E-state index in [0.717, 1.165) is 18.2 Å². The van der Waals surface area contributed by atoms with E-state index in [9.17, 15) is 36.0 Å². The number of carbonyl (C=O) groups is 4. The van der Waals surface area contributed by atoms with Crippen molar-refractivity contribution >= 4 is 66.6 Å². The van der Waals surface area contributed by atoms with Gasteiger partial charge in [-0.2, -0.15) is 8.61 Å². The van der Waals surface area contributed by atoms with E-state index in [-0.39, 0.29) is 24.4 Å². The van der Waals surface area contributed by atoms with Crippen molar-refractivity contribution in [2.75, 3.05) is 8.61 Å². The molecule has 0 aliphatic carbocycles. The fraction of sp³-hybridized carbons (Fsp3) is 0.333. The highest BCUT2D eigenvalue weighted by Crippen LogP contribution is 2.39. The van der Waals surface area contributed by atoms with Crippen LogP contribution in [0.3, 0.4) is 0 Å². The summed E-state index contributed by atoms with van der Waals surface area (Å²) in [5, 5.41) is -0.187. The summed E-state index contributed by atoms with van der Waals surface area (Å²) < 4.78 is 74.6. The Balaban J connectivity index is 2.20. The second-order valence-corrected chi connectivity index (χ2v) is 18.5. The Hall–Kier alpha value is -5.42. The molecular formula is C36H42N4O11S2. The number of carbonyl (C=O) groups excluding carboxylic acids is 4. The standard InChI is InChI=1S/C36H42N4O11S2/c1-34(2,3)49-31(42)38-27-22-23(40(52(45,46)24-16-12-10-13-17-24)53(47,48)25-18-14-11-15-19-25)20-21-26(27)28(29(37)41)30(38)39(32(43)50-35(4,5)6)33(44)51-36(7,8)9/h10-22H,1-9H3,(H2,37,41). The van der Waals surface area contributed by atoms with Gasteiger partial charge in [0.15, 0.2) is 5.82 Å². The molecule has 4 aromatic rings. The first-order valence-corrected chi connectivity index (χ1v) is 19.0. The molecule has 0 saturated carbocycles. The maximum absolute atomic E-state index is 14.3. The number of benzene rings is 3. The number of amides is 3. The zero-order valence-electron chi connectivity index (χ0n) is 30.7. The molecule has 2 N–H and O–H groups in total. The molecule has 0 aliphatic rings. The van der Waals surface area contributed by atoms with Crippen LogP contribution in [-0.2, 0) is 34.3 Å². The largest absolute Gasteiger partial charge is 0.443 e. The number of hydrogen-bond acceptors (Lipinski definition) is 11. The number of ether oxygens (including phenoxy) is 3. The molecular weight excluding hydrogens is 729 g/mol. The lowest BCUT2D eigenvalue weighted by Crippen LogP contribution is -2.46. The second-order valence-electron chi connectivity index (χ2n) is 14.7. The average molecular weight is 771 g/mol. The summed E-state index contributed by atoms with van der Waals surface area (Å²) >= 11 is 0. The molecule has 4 rings (SSSR count). The quantitative estimate of drug-likeness (QED) is 0.194. The van der Waals surface area contributed by atoms with E-state index in [4.69, 9.17) is 19.9 Å². The molecule has 3 aromatic carbocycles. The van der Waals surface area contributed by atoms with Gasteiger partial charge >= 0.3 is 18.3 Å². The Morgan fingerprint density at radius 1 is 0.623 bits per heavy atom. The van der Waals surface area contributed by atoms with Crippen LogP contribution in [0.4, 0.5) is 25.9 Å². The molecule has 15 nitrogen and oxygen atoms in total. The summed E-state index contributed by atoms with van der Waals surface area (Å²) in [5.74, 6) is -1.99. The van der Waals surface area contributed by atoms with E-state index >= 15 is 0 Å². The fourth-order valence-electron chi connectivity index (χ4n) is 4.97. The summed E-state index contributed by atoms with van der Waals surface area (Å²) in [7, 11) is -9.85. The van der Waals surface area contributed by atoms with Gasteiger partial charge in [-0.3, -0.25) is 4.79 Å². The van der Waals surface area contributed by atoms with Crippen LogP contribution < -0.4 is 14.3 Å². The van der Waals surface area contributed by atoms with Gasteiger partial charge < -0.3 is 19.9 Å². The number of sulfonamides is 2. The Morgan fingerprint density at radius 3 is 1.42 bits per heavy atom. The number of imide groups is 1. The minimum atomic E-state index is -4.92. The molecule has 1 heterocycles. The average Bonchev–Trinajstić information content (AvgIpc) is 3.33. The second kappa shape index (κ2) is 14.2. The smallest absolute Gasteiger partial charge is 0.425 e. The van der Waals surface area contributed by atoms with Crippen molar-refractivity contribution in [3.63, 3.8) is 0 Å². The van der Waals surface area contributed by atoms with Crippen LogP contribution in [0.2, 0.25) is 0 Å². The summed E-state index contributed by atoms with van der Waals surface area (Å²) in [5.41, 5.74) is 0.778. The summed E-state index contributed by atoms with van der Waals surface area (Å²) in [4.78, 5) is 54.8. The molecule has 284 valence electrons. The normalized spacial score (nSPS) is 12.5. The zero-order valence-corrected chi connectivity index (χ0v) is 32.4. The lowest BCUT2D eigenvalue weighted by molar-refractivity contribution is 0.0425. The third-order valence-corrected chi connectivity index (χ3v) is 11.1. The molecule has 1 aromatic heterocycles. The van der Waals surface area contributed by atoms with Crippen LogP contribution in [0.5, 0.6) is 0 Å². The molecule has 0 fully saturated rings. The van der Waals surface area contributed by atoms with Crippen molar-refractivity contribution in [3.8, 4) is 0 Å². The number of hydrogen-bond donors (Lipinski definition) is 1. The van der Waals surface area contributed by atoms with E-state index in [1.54, 1.807) is 12.1 Å². The highest BCUT2D eigenvalue weighted by atomic mass is 32.3. The molecule has 17 heteroatoms. The Kier molecular flexibility index (Phi) is 10.8. The molecule has 0 saturated heterocycles. The topological polar surface area (TPSA) is 202 Å². The molecule has 0 radical (unpaired) electrons. The van der Waals surface area contributed by atoms with Gasteiger partial charge in [0.25, 0.3) is 26.0 Å². The molecule has 0 unspecified atom stereocenters. The van der Waals surface area contributed by atoms with Crippen molar-refractivity contribution < 1.29 is 50.2 Å². The number of aromatic nitrogens is 1. The van der Waals surface area contributed by atoms with Gasteiger partial charge in [0, 0.05) is 5.39 Å². The van der Waals surface area contributed by atoms with E-state index in [0.29, 0.717) is 9.47 Å². The van der Waals surface area contributed by atoms with Crippen LogP contribution >= 0.6 is 0 Å². The Bertz CT molecular complexity index is 2190. The van der Waals surface area contributed by atoms with Gasteiger partial charge in [-0.15, -0.1) is 0 Å². The highest BCUT2D eigenvalue weighted by Gasteiger charge is 2.42. The van der Waals surface area contributed by atoms with Crippen LogP contribution in [0.15, 0.2) is 88.7 Å². The molecule has 53 heavy (non-hydrogen) atoms. The van der Waals surface area contributed by atoms with E-state index in [1.165, 1.54) is 111 Å². The minimum Gasteiger partial charge on any atom is -0.443 e. The maximum Gasteiger partial charge on any atom is 0.425 e. The third-order valence-electron chi connectivity index (χ3n) is 6.84. The van der Waals surface area contributed by atoms with Gasteiger partial charge in [-0.25, -0.2) is 35.8 Å². The van der Waals surface area contributed by atoms with E-state index < -0.39 is 78.1 Å². The van der Waals surface area contributed by atoms with Crippen molar-refractivity contribution in [3.05, 3.63) is 84.4 Å². The van der Waals surface area contributed by atoms with E-state index in [2.05, 4.69) is 0 Å². The van der Waals surface area contributed by atoms with Gasteiger partial charge in [0.2, 0.25) is 0 Å². The predicted molar refractivity (Wildman–Crippen MR) is 197 cm³/mol. The monoisotopic (exact) mass is 770 g/mol. The van der Waals surface area contributed by atoms with Crippen LogP contribution in [0.1, 0.15) is 72.7 Å². The first-order valence-electron chi connectivity index (χ1n) is 16.1. The number of nitrogens with zero attached hydrogens (tertiary/aromatic N) is 3. The first kappa shape index (κ1) is 40.4. The van der Waals surface area contributed by atoms with Gasteiger partial charge in [0.05, 0.1) is 26.6 Å². The van der Waals surface area contributed by atoms with Crippen molar-refractivity contribution in [2.24, 2.45) is 5.73 Å². The van der Waals surface area contributed by atoms with Crippen LogP contribution in [0.25, 0.3) is 10.9 Å². The Labute approximate surface area is 308 Å². The van der Waals surface area contributed by atoms with Crippen molar-refractivity contribution in [1.29, 1.82) is 0 Å². The molecule has 0 spiro atoms. The number of rotatable bonds is 7. The van der Waals surface area contributed by atoms with Crippen molar-refractivity contribution in [2.45, 2.75) is 88.9 Å². The lowest BCUT2D eigenvalue weighted by Gasteiger charge is -2.29. The number of nitrogens with two attached hydrogens (primary N) is 1. The van der Waals surface area contributed by atoms with Crippen molar-refractivity contribution in [1.82, 2.24) is 4.57 Å². The van der Waals surface area contributed by atoms with Crippen LogP contribution in [-0.4, -0.2) is 62.4 Å². The van der Waals surface area contributed by atoms with Gasteiger partial charge in [0.1, 0.15) is 16.8 Å². The highest BCUT2D eigenvalue weighted by molar-refractivity contribution is 8.10. The summed E-state index contributed by atoms with van der Waals surface area (Å²) in [6.07, 6.45) is -4.01. The van der Waals surface area contributed by atoms with Gasteiger partial charge in [-0.05, 0) is 105 Å². The first-order chi connectivity index (χ1) is 24.3. The maximum atomic E-state index is 14.3. The molecule has 3 amide bonds. The Morgan fingerprint density at radius 2 is 1.04 bits per heavy atom. The summed E-state index contributed by atoms with van der Waals surface area (Å²) in [6.45, 7) is 13.6. The minimum absolute atomic E-state index is 0.180. The predicted octanol–water partition coefficient (Wildman–Crippen LogP) is 6.78. The van der Waals surface area contributed by atoms with Crippen LogP contribution in [0, 0.1) is 0 Å². The fourth-order valence-corrected chi connectivity index (χ4v) is 8.69.